The van der Waals surface area contributed by atoms with Crippen molar-refractivity contribution in [2.45, 2.75) is 33.8 Å². The van der Waals surface area contributed by atoms with Crippen molar-refractivity contribution in [3.8, 4) is 0 Å². The van der Waals surface area contributed by atoms with Gasteiger partial charge in [0.25, 0.3) is 11.8 Å². The minimum atomic E-state index is -1.08. The molecule has 1 aromatic carbocycles. The lowest BCUT2D eigenvalue weighted by molar-refractivity contribution is -0.155. The van der Waals surface area contributed by atoms with E-state index in [9.17, 15) is 39.0 Å². The fourth-order valence-electron chi connectivity index (χ4n) is 3.59. The summed E-state index contributed by atoms with van der Waals surface area (Å²) in [6, 6.07) is 0. The Bertz CT molecular complexity index is 1190. The quantitative estimate of drug-likeness (QED) is 0.0989. The highest BCUT2D eigenvalue weighted by atomic mass is 127. The zero-order chi connectivity index (χ0) is 32.1. The number of esters is 3. The van der Waals surface area contributed by atoms with E-state index in [-0.39, 0.29) is 80.1 Å². The third-order valence-electron chi connectivity index (χ3n) is 5.30. The summed E-state index contributed by atoms with van der Waals surface area (Å²) in [7, 11) is 0. The molecule has 1 rings (SSSR count). The van der Waals surface area contributed by atoms with Gasteiger partial charge in [-0.05, 0) is 67.8 Å². The smallest absolute Gasteiger partial charge is 0.303 e. The molecule has 3 N–H and O–H groups in total. The van der Waals surface area contributed by atoms with E-state index < -0.39 is 41.7 Å². The number of halogens is 3. The van der Waals surface area contributed by atoms with Crippen LogP contribution in [-0.2, 0) is 33.4 Å². The van der Waals surface area contributed by atoms with Crippen LogP contribution in [0.3, 0.4) is 0 Å². The largest absolute Gasteiger partial charge is 0.464 e. The van der Waals surface area contributed by atoms with Crippen LogP contribution in [0.5, 0.6) is 0 Å². The first-order chi connectivity index (χ1) is 19.7. The monoisotopic (exact) mass is 931 g/mol. The van der Waals surface area contributed by atoms with Gasteiger partial charge in [-0.1, -0.05) is 0 Å². The first kappa shape index (κ1) is 38.2. The predicted octanol–water partition coefficient (Wildman–Crippen LogP) is 1.07. The molecule has 0 aliphatic heterocycles. The zero-order valence-electron chi connectivity index (χ0n) is 23.3. The second-order valence-corrected chi connectivity index (χ2v) is 11.8. The van der Waals surface area contributed by atoms with Crippen LogP contribution >= 0.6 is 67.8 Å². The number of anilines is 1. The van der Waals surface area contributed by atoms with Crippen molar-refractivity contribution >= 4 is 109 Å². The number of rotatable bonds is 15. The van der Waals surface area contributed by atoms with Gasteiger partial charge in [-0.3, -0.25) is 28.8 Å². The molecule has 0 aromatic heterocycles. The number of hydrogen-bond acceptors (Lipinski definition) is 11. The molecule has 17 heteroatoms. The van der Waals surface area contributed by atoms with E-state index in [1.165, 1.54) is 30.6 Å². The van der Waals surface area contributed by atoms with E-state index in [1.54, 1.807) is 0 Å². The lowest BCUT2D eigenvalue weighted by Crippen LogP contribution is -2.43. The second-order valence-electron chi connectivity index (χ2n) is 8.54. The molecule has 0 heterocycles. The molecule has 0 aliphatic carbocycles. The second kappa shape index (κ2) is 18.7. The summed E-state index contributed by atoms with van der Waals surface area (Å²) in [6.45, 7) is 3.03. The van der Waals surface area contributed by atoms with E-state index >= 15 is 0 Å². The highest BCUT2D eigenvalue weighted by Gasteiger charge is 2.34. The van der Waals surface area contributed by atoms with E-state index in [2.05, 4.69) is 5.32 Å². The molecule has 0 saturated heterocycles. The Morgan fingerprint density at radius 2 is 1.36 bits per heavy atom. The molecule has 3 amide bonds. The molecule has 234 valence electrons. The van der Waals surface area contributed by atoms with Crippen LogP contribution < -0.4 is 10.2 Å². The predicted molar refractivity (Wildman–Crippen MR) is 174 cm³/mol. The SMILES string of the molecule is CC(=O)OCCNC(=O)c1c(I)c(C(=O)N(CCO)CCO)c(I)c(N(CC(COC(C)=O)OC(C)=O)C(C)=O)c1I. The Hall–Kier alpha value is -1.85. The minimum Gasteiger partial charge on any atom is -0.464 e. The van der Waals surface area contributed by atoms with Crippen LogP contribution in [0.4, 0.5) is 5.69 Å². The number of ether oxygens (including phenoxy) is 3. The number of amides is 3. The summed E-state index contributed by atoms with van der Waals surface area (Å²) in [5.74, 6) is -3.62. The number of nitrogens with zero attached hydrogens (tertiary/aromatic N) is 2. The third-order valence-corrected chi connectivity index (χ3v) is 8.48. The Kier molecular flexibility index (Phi) is 17.0. The Balaban J connectivity index is 3.87. The van der Waals surface area contributed by atoms with Gasteiger partial charge in [0.05, 0.1) is 50.3 Å². The zero-order valence-corrected chi connectivity index (χ0v) is 29.8. The van der Waals surface area contributed by atoms with Gasteiger partial charge in [0, 0.05) is 44.4 Å². The maximum atomic E-state index is 13.7. The number of aliphatic hydroxyl groups excluding tert-OH is 2. The summed E-state index contributed by atoms with van der Waals surface area (Å²) < 4.78 is 16.0. The van der Waals surface area contributed by atoms with Gasteiger partial charge in [0.15, 0.2) is 6.10 Å². The molecule has 1 aromatic rings. The molecule has 1 atom stereocenters. The molecular weight excluding hydrogens is 899 g/mol. The Labute approximate surface area is 283 Å². The average molecular weight is 931 g/mol. The Morgan fingerprint density at radius 3 is 1.83 bits per heavy atom. The van der Waals surface area contributed by atoms with Crippen LogP contribution in [0.15, 0.2) is 0 Å². The van der Waals surface area contributed by atoms with Crippen molar-refractivity contribution in [1.29, 1.82) is 0 Å². The van der Waals surface area contributed by atoms with Crippen molar-refractivity contribution in [3.05, 3.63) is 21.8 Å². The van der Waals surface area contributed by atoms with Crippen molar-refractivity contribution in [2.75, 3.05) is 57.5 Å². The Morgan fingerprint density at radius 1 is 0.810 bits per heavy atom. The molecule has 0 saturated carbocycles. The van der Waals surface area contributed by atoms with Crippen molar-refractivity contribution in [3.63, 3.8) is 0 Å². The number of carbonyl (C=O) groups is 6. The standard InChI is InChI=1S/C25H32I3N3O11/c1-13(34)31(11-17(42-16(4)37)12-41-15(3)36)23-21(27)18(24(38)29-5-10-40-14(2)35)20(26)19(22(23)28)25(39)30(6-8-32)7-9-33/h17,32-33H,5-12H2,1-4H3,(H,29,38). The first-order valence-corrected chi connectivity index (χ1v) is 15.6. The highest BCUT2D eigenvalue weighted by Crippen LogP contribution is 2.39. The fourth-order valence-corrected chi connectivity index (χ4v) is 8.29. The molecule has 1 unspecified atom stereocenters. The first-order valence-electron chi connectivity index (χ1n) is 12.4. The highest BCUT2D eigenvalue weighted by molar-refractivity contribution is 14.1. The lowest BCUT2D eigenvalue weighted by atomic mass is 10.1. The molecule has 0 bridgehead atoms. The summed E-state index contributed by atoms with van der Waals surface area (Å²) in [4.78, 5) is 76.9. The van der Waals surface area contributed by atoms with Gasteiger partial charge >= 0.3 is 17.9 Å². The lowest BCUT2D eigenvalue weighted by Gasteiger charge is -2.31. The van der Waals surface area contributed by atoms with E-state index in [1.807, 2.05) is 67.8 Å². The van der Waals surface area contributed by atoms with Gasteiger partial charge in [-0.15, -0.1) is 0 Å². The molecule has 14 nitrogen and oxygen atoms in total. The molecule has 0 spiro atoms. The summed E-state index contributed by atoms with van der Waals surface area (Å²) in [5.41, 5.74) is 0.237. The van der Waals surface area contributed by atoms with Crippen LogP contribution in [-0.4, -0.2) is 109 Å². The maximum Gasteiger partial charge on any atom is 0.303 e. The van der Waals surface area contributed by atoms with Gasteiger partial charge in [-0.25, -0.2) is 0 Å². The average Bonchev–Trinajstić information content (AvgIpc) is 2.88. The summed E-state index contributed by atoms with van der Waals surface area (Å²) in [6.07, 6.45) is -1.08. The number of hydrogen-bond donors (Lipinski definition) is 3. The van der Waals surface area contributed by atoms with Crippen LogP contribution in [0.2, 0.25) is 0 Å². The van der Waals surface area contributed by atoms with Crippen molar-refractivity contribution in [2.24, 2.45) is 0 Å². The number of aliphatic hydroxyl groups is 2. The molecule has 0 radical (unpaired) electrons. The molecule has 0 fully saturated rings. The number of nitrogens with one attached hydrogen (secondary N) is 1. The van der Waals surface area contributed by atoms with E-state index in [0.29, 0.717) is 0 Å². The van der Waals surface area contributed by atoms with Crippen LogP contribution in [0, 0.1) is 10.7 Å². The van der Waals surface area contributed by atoms with E-state index in [0.717, 1.165) is 6.92 Å². The van der Waals surface area contributed by atoms with E-state index in [4.69, 9.17) is 14.2 Å². The van der Waals surface area contributed by atoms with Gasteiger partial charge in [0.1, 0.15) is 13.2 Å². The minimum absolute atomic E-state index is 0.0360. The third kappa shape index (κ3) is 11.3. The molecular formula is C25H32I3N3O11. The van der Waals surface area contributed by atoms with Crippen LogP contribution in [0.25, 0.3) is 0 Å². The van der Waals surface area contributed by atoms with Gasteiger partial charge < -0.3 is 39.5 Å². The van der Waals surface area contributed by atoms with Crippen molar-refractivity contribution < 1.29 is 53.2 Å². The van der Waals surface area contributed by atoms with Gasteiger partial charge in [0.2, 0.25) is 5.91 Å². The normalized spacial score (nSPS) is 11.3. The topological polar surface area (TPSA) is 189 Å². The van der Waals surface area contributed by atoms with Gasteiger partial charge in [-0.2, -0.15) is 0 Å². The van der Waals surface area contributed by atoms with Crippen molar-refractivity contribution in [1.82, 2.24) is 10.2 Å². The van der Waals surface area contributed by atoms with Crippen LogP contribution in [0.1, 0.15) is 48.4 Å². The number of carbonyl (C=O) groups excluding carboxylic acids is 6. The maximum absolute atomic E-state index is 13.7. The molecule has 42 heavy (non-hydrogen) atoms. The summed E-state index contributed by atoms with van der Waals surface area (Å²) in [5, 5.41) is 21.7. The molecule has 0 aliphatic rings. The fraction of sp³-hybridized carbons (Fsp3) is 0.520. The number of benzene rings is 1. The summed E-state index contributed by atoms with van der Waals surface area (Å²) >= 11 is 5.59.